The van der Waals surface area contributed by atoms with Crippen LogP contribution in [0.5, 0.6) is 11.5 Å². The highest BCUT2D eigenvalue weighted by molar-refractivity contribution is 5.39. The van der Waals surface area contributed by atoms with E-state index in [0.29, 0.717) is 13.2 Å². The fourth-order valence-corrected chi connectivity index (χ4v) is 2.84. The first-order chi connectivity index (χ1) is 14.6. The molecule has 0 radical (unpaired) electrons. The molecule has 6 heteroatoms. The summed E-state index contributed by atoms with van der Waals surface area (Å²) in [5, 5.41) is 20.5. The minimum absolute atomic E-state index is 0.0153. The van der Waals surface area contributed by atoms with Gasteiger partial charge in [0, 0.05) is 0 Å². The van der Waals surface area contributed by atoms with Crippen LogP contribution in [0.4, 0.5) is 4.39 Å². The Bertz CT molecular complexity index is 868. The van der Waals surface area contributed by atoms with Gasteiger partial charge in [0.2, 0.25) is 0 Å². The van der Waals surface area contributed by atoms with E-state index in [1.54, 1.807) is 0 Å². The summed E-state index contributed by atoms with van der Waals surface area (Å²) in [5.41, 5.74) is 1.93. The Morgan fingerprint density at radius 2 is 1.30 bits per heavy atom. The van der Waals surface area contributed by atoms with E-state index in [1.165, 1.54) is 18.2 Å². The second-order valence-electron chi connectivity index (χ2n) is 6.81. The van der Waals surface area contributed by atoms with Gasteiger partial charge in [-0.3, -0.25) is 0 Å². The van der Waals surface area contributed by atoms with Crippen molar-refractivity contribution < 1.29 is 28.8 Å². The van der Waals surface area contributed by atoms with Crippen LogP contribution in [0.25, 0.3) is 0 Å². The highest BCUT2D eigenvalue weighted by Gasteiger charge is 2.25. The fraction of sp³-hybridized carbons (Fsp3) is 0.250. The fourth-order valence-electron chi connectivity index (χ4n) is 2.84. The Morgan fingerprint density at radius 3 is 1.87 bits per heavy atom. The second-order valence-corrected chi connectivity index (χ2v) is 6.81. The molecular formula is C24H25FO5. The largest absolute Gasteiger partial charge is 0.504 e. The molecule has 5 nitrogen and oxygen atoms in total. The van der Waals surface area contributed by atoms with Crippen molar-refractivity contribution in [2.45, 2.75) is 25.4 Å². The molecule has 3 aromatic rings. The number of aliphatic hydroxyl groups is 1. The highest BCUT2D eigenvalue weighted by atomic mass is 19.1. The van der Waals surface area contributed by atoms with Gasteiger partial charge in [-0.05, 0) is 23.3 Å². The van der Waals surface area contributed by atoms with Gasteiger partial charge in [0.15, 0.2) is 23.4 Å². The van der Waals surface area contributed by atoms with Crippen molar-refractivity contribution in [3.8, 4) is 11.5 Å². The third-order valence-corrected chi connectivity index (χ3v) is 4.44. The van der Waals surface area contributed by atoms with Crippen LogP contribution in [0, 0.1) is 5.82 Å². The monoisotopic (exact) mass is 412 g/mol. The Labute approximate surface area is 175 Å². The normalized spacial score (nSPS) is 13.0. The lowest BCUT2D eigenvalue weighted by Crippen LogP contribution is -2.39. The third-order valence-electron chi connectivity index (χ3n) is 4.44. The molecule has 30 heavy (non-hydrogen) atoms. The van der Waals surface area contributed by atoms with Crippen LogP contribution in [-0.4, -0.2) is 35.6 Å². The van der Waals surface area contributed by atoms with Crippen molar-refractivity contribution >= 4 is 0 Å². The summed E-state index contributed by atoms with van der Waals surface area (Å²) in [7, 11) is 0. The average molecular weight is 412 g/mol. The lowest BCUT2D eigenvalue weighted by molar-refractivity contribution is -0.0667. The van der Waals surface area contributed by atoms with Crippen molar-refractivity contribution in [2.75, 3.05) is 13.2 Å². The van der Waals surface area contributed by atoms with Crippen molar-refractivity contribution in [3.63, 3.8) is 0 Å². The molecule has 0 aromatic heterocycles. The van der Waals surface area contributed by atoms with Crippen LogP contribution < -0.4 is 4.74 Å². The molecule has 0 spiro atoms. The third kappa shape index (κ3) is 6.56. The molecule has 3 aromatic carbocycles. The van der Waals surface area contributed by atoms with Crippen molar-refractivity contribution in [1.29, 1.82) is 0 Å². The van der Waals surface area contributed by atoms with Gasteiger partial charge < -0.3 is 24.4 Å². The Morgan fingerprint density at radius 1 is 0.733 bits per heavy atom. The number of benzene rings is 3. The van der Waals surface area contributed by atoms with Gasteiger partial charge in [-0.2, -0.15) is 0 Å². The van der Waals surface area contributed by atoms with Crippen LogP contribution in [-0.2, 0) is 22.7 Å². The molecule has 158 valence electrons. The molecule has 0 fully saturated rings. The van der Waals surface area contributed by atoms with Gasteiger partial charge in [0.1, 0.15) is 6.10 Å². The maximum Gasteiger partial charge on any atom is 0.197 e. The Kier molecular flexibility index (Phi) is 8.20. The van der Waals surface area contributed by atoms with Gasteiger partial charge in [-0.15, -0.1) is 0 Å². The quantitative estimate of drug-likeness (QED) is 0.497. The number of hydrogen-bond donors (Lipinski definition) is 2. The van der Waals surface area contributed by atoms with E-state index in [9.17, 15) is 14.6 Å². The highest BCUT2D eigenvalue weighted by Crippen LogP contribution is 2.30. The number of phenols is 1. The molecule has 2 N–H and O–H groups in total. The number of para-hydroxylation sites is 1. The van der Waals surface area contributed by atoms with Crippen molar-refractivity contribution in [3.05, 3.63) is 95.8 Å². The van der Waals surface area contributed by atoms with Crippen LogP contribution in [0.2, 0.25) is 0 Å². The van der Waals surface area contributed by atoms with Crippen LogP contribution in [0.1, 0.15) is 11.1 Å². The number of ether oxygens (including phenoxy) is 3. The molecule has 0 amide bonds. The lowest BCUT2D eigenvalue weighted by atomic mass is 10.2. The minimum atomic E-state index is -1.09. The zero-order valence-electron chi connectivity index (χ0n) is 16.5. The number of aromatic hydroxyl groups is 1. The predicted molar refractivity (Wildman–Crippen MR) is 111 cm³/mol. The first-order valence-corrected chi connectivity index (χ1v) is 9.69. The molecule has 0 aliphatic rings. The van der Waals surface area contributed by atoms with Crippen LogP contribution in [0.15, 0.2) is 78.9 Å². The number of halogens is 1. The number of aliphatic hydroxyl groups excluding tert-OH is 1. The summed E-state index contributed by atoms with van der Waals surface area (Å²) >= 11 is 0. The van der Waals surface area contributed by atoms with Crippen molar-refractivity contribution in [2.24, 2.45) is 0 Å². The van der Waals surface area contributed by atoms with E-state index in [1.807, 2.05) is 60.7 Å². The Hall–Kier alpha value is -2.93. The Balaban J connectivity index is 1.61. The molecule has 0 saturated heterocycles. The number of hydrogen-bond acceptors (Lipinski definition) is 5. The predicted octanol–water partition coefficient (Wildman–Crippen LogP) is 4.07. The molecule has 0 saturated carbocycles. The van der Waals surface area contributed by atoms with Gasteiger partial charge in [0.05, 0.1) is 26.4 Å². The smallest absolute Gasteiger partial charge is 0.197 e. The molecule has 2 atom stereocenters. The lowest BCUT2D eigenvalue weighted by Gasteiger charge is -2.25. The van der Waals surface area contributed by atoms with E-state index in [2.05, 4.69) is 0 Å². The van der Waals surface area contributed by atoms with E-state index in [-0.39, 0.29) is 24.7 Å². The maximum absolute atomic E-state index is 14.1. The summed E-state index contributed by atoms with van der Waals surface area (Å²) < 4.78 is 31.0. The van der Waals surface area contributed by atoms with E-state index < -0.39 is 18.0 Å². The number of phenolic OH excluding ortho intramolecular Hbond substituents is 1. The second kappa shape index (κ2) is 11.3. The van der Waals surface area contributed by atoms with Gasteiger partial charge in [0.25, 0.3) is 0 Å². The first-order valence-electron chi connectivity index (χ1n) is 9.69. The van der Waals surface area contributed by atoms with E-state index in [4.69, 9.17) is 14.2 Å². The zero-order chi connectivity index (χ0) is 21.2. The summed E-state index contributed by atoms with van der Waals surface area (Å²) in [5.74, 6) is -1.39. The topological polar surface area (TPSA) is 68.2 Å². The summed E-state index contributed by atoms with van der Waals surface area (Å²) in [4.78, 5) is 0. The first kappa shape index (κ1) is 21.8. The number of rotatable bonds is 11. The van der Waals surface area contributed by atoms with E-state index >= 15 is 0 Å². The molecule has 0 aliphatic heterocycles. The SMILES string of the molecule is Oc1cccc(F)c1O[C@H](COCc1ccccc1)[C@H](O)COCc1ccccc1. The summed E-state index contributed by atoms with van der Waals surface area (Å²) in [6.45, 7) is 0.573. The van der Waals surface area contributed by atoms with Gasteiger partial charge in [-0.25, -0.2) is 4.39 Å². The molecule has 0 bridgehead atoms. The van der Waals surface area contributed by atoms with Crippen LogP contribution >= 0.6 is 0 Å². The zero-order valence-corrected chi connectivity index (χ0v) is 16.5. The molecule has 0 aliphatic carbocycles. The molecule has 0 heterocycles. The summed E-state index contributed by atoms with van der Waals surface area (Å²) in [6.07, 6.45) is -2.03. The van der Waals surface area contributed by atoms with Crippen LogP contribution in [0.3, 0.4) is 0 Å². The minimum Gasteiger partial charge on any atom is -0.504 e. The van der Waals surface area contributed by atoms with Gasteiger partial charge >= 0.3 is 0 Å². The van der Waals surface area contributed by atoms with Crippen molar-refractivity contribution in [1.82, 2.24) is 0 Å². The standard InChI is InChI=1S/C24H25FO5/c25-20-12-7-13-21(26)24(20)30-23(17-29-15-19-10-5-2-6-11-19)22(27)16-28-14-18-8-3-1-4-9-18/h1-13,22-23,26-27H,14-17H2/t22-,23-/m1/s1. The maximum atomic E-state index is 14.1. The van der Waals surface area contributed by atoms with Gasteiger partial charge in [-0.1, -0.05) is 66.7 Å². The molecule has 0 unspecified atom stereocenters. The summed E-state index contributed by atoms with van der Waals surface area (Å²) in [6, 6.07) is 23.0. The molecule has 3 rings (SSSR count). The molecular weight excluding hydrogens is 387 g/mol. The van der Waals surface area contributed by atoms with E-state index in [0.717, 1.165) is 11.1 Å². The average Bonchev–Trinajstić information content (AvgIpc) is 2.76.